The molecule has 1 heterocycles. The van der Waals surface area contributed by atoms with Gasteiger partial charge in [0.15, 0.2) is 0 Å². The second-order valence-electron chi connectivity index (χ2n) is 4.54. The molecule has 0 spiro atoms. The van der Waals surface area contributed by atoms with Gasteiger partial charge < -0.3 is 9.64 Å². The minimum atomic E-state index is -0.0588. The maximum atomic E-state index is 5.35. The molecule has 0 unspecified atom stereocenters. The number of nitrogens with two attached hydrogens (primary N) is 1. The number of aromatic nitrogens is 3. The molecule has 1 aromatic rings. The molecule has 102 valence electrons. The molecule has 0 saturated carbocycles. The third-order valence-corrected chi connectivity index (χ3v) is 3.08. The molecule has 0 aromatic carbocycles. The lowest BCUT2D eigenvalue weighted by atomic mass is 10.0. The van der Waals surface area contributed by atoms with Crippen LogP contribution in [0.2, 0.25) is 0 Å². The summed E-state index contributed by atoms with van der Waals surface area (Å²) in [7, 11) is 1.94. The zero-order valence-corrected chi connectivity index (χ0v) is 11.7. The molecule has 0 bridgehead atoms. The molecule has 7 heteroatoms. The van der Waals surface area contributed by atoms with Gasteiger partial charge in [-0.3, -0.25) is 5.43 Å². The van der Waals surface area contributed by atoms with E-state index in [4.69, 9.17) is 10.6 Å². The summed E-state index contributed by atoms with van der Waals surface area (Å²) in [5, 5.41) is 0. The Kier molecular flexibility index (Phi) is 4.66. The minimum absolute atomic E-state index is 0.0588. The van der Waals surface area contributed by atoms with E-state index in [1.54, 1.807) is 0 Å². The smallest absolute Gasteiger partial charge is 0.323 e. The highest BCUT2D eigenvalue weighted by atomic mass is 16.5. The normalized spacial score (nSPS) is 11.2. The quantitative estimate of drug-likeness (QED) is 0.582. The fourth-order valence-corrected chi connectivity index (χ4v) is 1.26. The van der Waals surface area contributed by atoms with Crippen LogP contribution in [0.25, 0.3) is 0 Å². The average Bonchev–Trinajstić information content (AvgIpc) is 2.37. The van der Waals surface area contributed by atoms with Crippen LogP contribution in [-0.2, 0) is 0 Å². The molecular formula is C11H22N6O. The second-order valence-corrected chi connectivity index (χ2v) is 4.54. The van der Waals surface area contributed by atoms with Crippen molar-refractivity contribution in [2.45, 2.75) is 39.7 Å². The van der Waals surface area contributed by atoms with Gasteiger partial charge in [-0.1, -0.05) is 6.92 Å². The van der Waals surface area contributed by atoms with Crippen LogP contribution in [0.5, 0.6) is 6.01 Å². The first kappa shape index (κ1) is 14.4. The highest BCUT2D eigenvalue weighted by molar-refractivity contribution is 5.39. The Morgan fingerprint density at radius 2 is 1.94 bits per heavy atom. The molecule has 0 amide bonds. The van der Waals surface area contributed by atoms with Gasteiger partial charge in [0, 0.05) is 12.6 Å². The van der Waals surface area contributed by atoms with Gasteiger partial charge in [0.05, 0.1) is 6.61 Å². The summed E-state index contributed by atoms with van der Waals surface area (Å²) in [6.07, 6.45) is 0.963. The Morgan fingerprint density at radius 3 is 2.44 bits per heavy atom. The standard InChI is InChI=1S/C11H22N6O/c1-6-11(3,4)17(5)9-13-8(16-12)14-10(15-9)18-7-2/h6-7,12H2,1-5H3,(H,13,14,15,16). The van der Waals surface area contributed by atoms with Crippen molar-refractivity contribution < 1.29 is 4.74 Å². The van der Waals surface area contributed by atoms with Crippen LogP contribution in [0.4, 0.5) is 11.9 Å². The van der Waals surface area contributed by atoms with Crippen LogP contribution in [0.15, 0.2) is 0 Å². The van der Waals surface area contributed by atoms with Crippen molar-refractivity contribution in [3.8, 4) is 6.01 Å². The van der Waals surface area contributed by atoms with E-state index in [1.807, 2.05) is 18.9 Å². The summed E-state index contributed by atoms with van der Waals surface area (Å²) in [6, 6.07) is 0.272. The van der Waals surface area contributed by atoms with Gasteiger partial charge in [-0.25, -0.2) is 5.84 Å². The summed E-state index contributed by atoms with van der Waals surface area (Å²) < 4.78 is 5.30. The van der Waals surface area contributed by atoms with E-state index in [-0.39, 0.29) is 11.5 Å². The monoisotopic (exact) mass is 254 g/mol. The first-order valence-electron chi connectivity index (χ1n) is 6.04. The first-order valence-corrected chi connectivity index (χ1v) is 6.04. The maximum absolute atomic E-state index is 5.35. The highest BCUT2D eigenvalue weighted by Gasteiger charge is 2.24. The van der Waals surface area contributed by atoms with Gasteiger partial charge in [0.25, 0.3) is 0 Å². The van der Waals surface area contributed by atoms with Crippen molar-refractivity contribution in [3.63, 3.8) is 0 Å². The number of hydrazine groups is 1. The van der Waals surface area contributed by atoms with Crippen molar-refractivity contribution in [1.29, 1.82) is 0 Å². The SMILES string of the molecule is CCOc1nc(NN)nc(N(C)C(C)(C)CC)n1. The maximum Gasteiger partial charge on any atom is 0.323 e. The second kappa shape index (κ2) is 5.81. The van der Waals surface area contributed by atoms with Crippen molar-refractivity contribution in [2.75, 3.05) is 24.0 Å². The van der Waals surface area contributed by atoms with Crippen LogP contribution in [0.3, 0.4) is 0 Å². The topological polar surface area (TPSA) is 89.2 Å². The molecule has 0 saturated heterocycles. The van der Waals surface area contributed by atoms with Crippen LogP contribution in [0, 0.1) is 0 Å². The van der Waals surface area contributed by atoms with E-state index in [2.05, 4.69) is 41.1 Å². The van der Waals surface area contributed by atoms with Crippen molar-refractivity contribution >= 4 is 11.9 Å². The van der Waals surface area contributed by atoms with Gasteiger partial charge in [-0.05, 0) is 27.2 Å². The van der Waals surface area contributed by atoms with Crippen molar-refractivity contribution in [1.82, 2.24) is 15.0 Å². The lowest BCUT2D eigenvalue weighted by Gasteiger charge is -2.34. The summed E-state index contributed by atoms with van der Waals surface area (Å²) in [5.41, 5.74) is 2.36. The van der Waals surface area contributed by atoms with Crippen molar-refractivity contribution in [3.05, 3.63) is 0 Å². The lowest BCUT2D eigenvalue weighted by Crippen LogP contribution is -2.41. The molecule has 0 fully saturated rings. The van der Waals surface area contributed by atoms with E-state index in [9.17, 15) is 0 Å². The fourth-order valence-electron chi connectivity index (χ4n) is 1.26. The van der Waals surface area contributed by atoms with Gasteiger partial charge >= 0.3 is 6.01 Å². The molecule has 0 aliphatic heterocycles. The summed E-state index contributed by atoms with van der Waals surface area (Å²) >= 11 is 0. The minimum Gasteiger partial charge on any atom is -0.464 e. The molecule has 0 aliphatic rings. The predicted molar refractivity (Wildman–Crippen MR) is 71.6 cm³/mol. The molecule has 0 atom stereocenters. The van der Waals surface area contributed by atoms with Crippen LogP contribution in [0.1, 0.15) is 34.1 Å². The zero-order chi connectivity index (χ0) is 13.8. The van der Waals surface area contributed by atoms with Crippen LogP contribution >= 0.6 is 0 Å². The Hall–Kier alpha value is -1.63. The Balaban J connectivity index is 3.11. The Morgan fingerprint density at radius 1 is 1.28 bits per heavy atom. The summed E-state index contributed by atoms with van der Waals surface area (Å²) in [5.74, 6) is 6.18. The largest absolute Gasteiger partial charge is 0.464 e. The molecule has 3 N–H and O–H groups in total. The van der Waals surface area contributed by atoms with E-state index < -0.39 is 0 Å². The van der Waals surface area contributed by atoms with E-state index in [0.29, 0.717) is 18.5 Å². The molecular weight excluding hydrogens is 232 g/mol. The third kappa shape index (κ3) is 3.19. The molecule has 18 heavy (non-hydrogen) atoms. The van der Waals surface area contributed by atoms with E-state index in [1.165, 1.54) is 0 Å². The number of hydrogen-bond donors (Lipinski definition) is 2. The molecule has 1 aromatic heterocycles. The summed E-state index contributed by atoms with van der Waals surface area (Å²) in [4.78, 5) is 14.5. The van der Waals surface area contributed by atoms with Crippen LogP contribution in [-0.4, -0.2) is 34.1 Å². The predicted octanol–water partition coefficient (Wildman–Crippen LogP) is 1.18. The molecule has 0 radical (unpaired) electrons. The van der Waals surface area contributed by atoms with Gasteiger partial charge in [0.2, 0.25) is 11.9 Å². The highest BCUT2D eigenvalue weighted by Crippen LogP contribution is 2.23. The number of ether oxygens (including phenoxy) is 1. The number of rotatable bonds is 6. The third-order valence-electron chi connectivity index (χ3n) is 3.08. The first-order chi connectivity index (χ1) is 8.44. The average molecular weight is 254 g/mol. The molecule has 1 rings (SSSR count). The number of nitrogens with one attached hydrogen (secondary N) is 1. The lowest BCUT2D eigenvalue weighted by molar-refractivity contribution is 0.311. The summed E-state index contributed by atoms with van der Waals surface area (Å²) in [6.45, 7) is 8.72. The van der Waals surface area contributed by atoms with Gasteiger partial charge in [-0.2, -0.15) is 15.0 Å². The number of anilines is 2. The number of hydrogen-bond acceptors (Lipinski definition) is 7. The van der Waals surface area contributed by atoms with E-state index >= 15 is 0 Å². The fraction of sp³-hybridized carbons (Fsp3) is 0.727. The Labute approximate surface area is 108 Å². The zero-order valence-electron chi connectivity index (χ0n) is 11.7. The van der Waals surface area contributed by atoms with Gasteiger partial charge in [-0.15, -0.1) is 0 Å². The number of nitrogens with zero attached hydrogens (tertiary/aromatic N) is 4. The van der Waals surface area contributed by atoms with Crippen molar-refractivity contribution in [2.24, 2.45) is 5.84 Å². The number of nitrogen functional groups attached to an aromatic ring is 1. The van der Waals surface area contributed by atoms with Gasteiger partial charge in [0.1, 0.15) is 0 Å². The Bertz CT molecular complexity index is 395. The molecule has 0 aliphatic carbocycles. The van der Waals surface area contributed by atoms with E-state index in [0.717, 1.165) is 6.42 Å². The molecule has 7 nitrogen and oxygen atoms in total. The van der Waals surface area contributed by atoms with Crippen LogP contribution < -0.4 is 20.9 Å².